The van der Waals surface area contributed by atoms with Gasteiger partial charge in [0.25, 0.3) is 17.7 Å². The topological polar surface area (TPSA) is 89.1 Å². The SMILES string of the molecule is C[C@H](NC(=O)c1cc(C(F)(F)F)nn1C)c1nc(N(C)Cc2ccccc2)no1. The van der Waals surface area contributed by atoms with E-state index in [1.54, 1.807) is 18.9 Å². The predicted molar refractivity (Wildman–Crippen MR) is 96.9 cm³/mol. The lowest BCUT2D eigenvalue weighted by Crippen LogP contribution is -2.28. The van der Waals surface area contributed by atoms with Gasteiger partial charge in [-0.05, 0) is 17.6 Å². The molecule has 1 atom stereocenters. The van der Waals surface area contributed by atoms with E-state index in [0.29, 0.717) is 18.6 Å². The Morgan fingerprint density at radius 1 is 1.31 bits per heavy atom. The number of benzene rings is 1. The number of carbonyl (C=O) groups excluding carboxylic acids is 1. The van der Waals surface area contributed by atoms with Gasteiger partial charge in [0.05, 0.1) is 0 Å². The van der Waals surface area contributed by atoms with Crippen LogP contribution in [0.15, 0.2) is 40.9 Å². The fourth-order valence-electron chi connectivity index (χ4n) is 2.64. The van der Waals surface area contributed by atoms with Gasteiger partial charge >= 0.3 is 6.18 Å². The van der Waals surface area contributed by atoms with Crippen molar-refractivity contribution in [2.24, 2.45) is 7.05 Å². The van der Waals surface area contributed by atoms with Crippen LogP contribution in [0.3, 0.4) is 0 Å². The molecule has 1 aromatic carbocycles. The predicted octanol–water partition coefficient (Wildman–Crippen LogP) is 2.95. The third-order valence-corrected chi connectivity index (χ3v) is 4.16. The van der Waals surface area contributed by atoms with Crippen LogP contribution in [0.2, 0.25) is 0 Å². The molecule has 29 heavy (non-hydrogen) atoms. The summed E-state index contributed by atoms with van der Waals surface area (Å²) in [5.74, 6) is -0.281. The third-order valence-electron chi connectivity index (χ3n) is 4.16. The molecule has 2 aromatic heterocycles. The minimum absolute atomic E-state index is 0.131. The average Bonchev–Trinajstić information content (AvgIpc) is 3.29. The van der Waals surface area contributed by atoms with Crippen molar-refractivity contribution in [3.05, 3.63) is 59.2 Å². The number of anilines is 1. The van der Waals surface area contributed by atoms with Crippen LogP contribution in [0.1, 0.15) is 40.6 Å². The highest BCUT2D eigenvalue weighted by Gasteiger charge is 2.35. The number of halogens is 3. The first-order chi connectivity index (χ1) is 13.6. The van der Waals surface area contributed by atoms with E-state index in [2.05, 4.69) is 20.6 Å². The molecule has 0 aliphatic rings. The summed E-state index contributed by atoms with van der Waals surface area (Å²) in [5, 5.41) is 9.75. The van der Waals surface area contributed by atoms with Crippen LogP contribution in [-0.2, 0) is 19.8 Å². The number of alkyl halides is 3. The Kier molecular flexibility index (Phi) is 5.57. The van der Waals surface area contributed by atoms with Gasteiger partial charge in [-0.1, -0.05) is 30.3 Å². The van der Waals surface area contributed by atoms with E-state index in [9.17, 15) is 18.0 Å². The highest BCUT2D eigenvalue weighted by molar-refractivity contribution is 5.92. The van der Waals surface area contributed by atoms with Gasteiger partial charge in [0.15, 0.2) is 5.69 Å². The molecule has 1 N–H and O–H groups in total. The molecule has 0 spiro atoms. The molecule has 3 rings (SSSR count). The maximum atomic E-state index is 12.8. The quantitative estimate of drug-likeness (QED) is 0.675. The molecule has 0 saturated heterocycles. The summed E-state index contributed by atoms with van der Waals surface area (Å²) in [4.78, 5) is 18.4. The Balaban J connectivity index is 1.66. The molecule has 3 aromatic rings. The molecule has 11 heteroatoms. The van der Waals surface area contributed by atoms with Crippen LogP contribution in [0, 0.1) is 0 Å². The highest BCUT2D eigenvalue weighted by Crippen LogP contribution is 2.28. The highest BCUT2D eigenvalue weighted by atomic mass is 19.4. The molecule has 0 aliphatic heterocycles. The molecule has 0 radical (unpaired) electrons. The summed E-state index contributed by atoms with van der Waals surface area (Å²) >= 11 is 0. The number of nitrogens with zero attached hydrogens (tertiary/aromatic N) is 5. The zero-order valence-corrected chi connectivity index (χ0v) is 15.9. The van der Waals surface area contributed by atoms with Gasteiger partial charge in [-0.25, -0.2) is 0 Å². The van der Waals surface area contributed by atoms with E-state index < -0.39 is 23.8 Å². The lowest BCUT2D eigenvalue weighted by molar-refractivity contribution is -0.141. The first-order valence-electron chi connectivity index (χ1n) is 8.66. The average molecular weight is 408 g/mol. The molecular weight excluding hydrogens is 389 g/mol. The Morgan fingerprint density at radius 2 is 2.00 bits per heavy atom. The van der Waals surface area contributed by atoms with Crippen molar-refractivity contribution in [2.75, 3.05) is 11.9 Å². The minimum Gasteiger partial charge on any atom is -0.339 e. The second kappa shape index (κ2) is 7.94. The maximum absolute atomic E-state index is 12.8. The number of aromatic nitrogens is 4. The zero-order chi connectivity index (χ0) is 21.2. The molecule has 8 nitrogen and oxygen atoms in total. The summed E-state index contributed by atoms with van der Waals surface area (Å²) in [6.07, 6.45) is -4.63. The second-order valence-corrected chi connectivity index (χ2v) is 6.51. The number of nitrogens with one attached hydrogen (secondary N) is 1. The van der Waals surface area contributed by atoms with Crippen molar-refractivity contribution in [1.29, 1.82) is 0 Å². The molecule has 0 saturated carbocycles. The molecule has 0 fully saturated rings. The molecule has 154 valence electrons. The molecule has 1 amide bonds. The lowest BCUT2D eigenvalue weighted by Gasteiger charge is -2.14. The van der Waals surface area contributed by atoms with Crippen molar-refractivity contribution < 1.29 is 22.5 Å². The van der Waals surface area contributed by atoms with Gasteiger partial charge < -0.3 is 14.7 Å². The summed E-state index contributed by atoms with van der Waals surface area (Å²) in [6, 6.07) is 9.66. The van der Waals surface area contributed by atoms with Crippen LogP contribution in [-0.4, -0.2) is 32.9 Å². The molecule has 2 heterocycles. The van der Waals surface area contributed by atoms with E-state index in [-0.39, 0.29) is 11.6 Å². The Labute approximate surface area is 164 Å². The smallest absolute Gasteiger partial charge is 0.339 e. The lowest BCUT2D eigenvalue weighted by atomic mass is 10.2. The fraction of sp³-hybridized carbons (Fsp3) is 0.333. The summed E-state index contributed by atoms with van der Waals surface area (Å²) < 4.78 is 44.3. The van der Waals surface area contributed by atoms with E-state index in [0.717, 1.165) is 10.2 Å². The standard InChI is InChI=1S/C18H19F3N6O2/c1-11(22-15(28)13-9-14(18(19,20)21)24-27(13)3)16-23-17(25-29-16)26(2)10-12-7-5-4-6-8-12/h4-9,11H,10H2,1-3H3,(H,22,28)/t11-/m0/s1. The zero-order valence-electron chi connectivity index (χ0n) is 15.9. The molecule has 0 bridgehead atoms. The van der Waals surface area contributed by atoms with E-state index in [1.165, 1.54) is 7.05 Å². The Morgan fingerprint density at radius 3 is 2.62 bits per heavy atom. The monoisotopic (exact) mass is 408 g/mol. The van der Waals surface area contributed by atoms with Crippen molar-refractivity contribution in [2.45, 2.75) is 25.7 Å². The first-order valence-corrected chi connectivity index (χ1v) is 8.66. The van der Waals surface area contributed by atoms with E-state index >= 15 is 0 Å². The minimum atomic E-state index is -4.63. The number of hydrogen-bond donors (Lipinski definition) is 1. The number of aryl methyl sites for hydroxylation is 1. The van der Waals surface area contributed by atoms with Gasteiger partial charge in [0, 0.05) is 26.7 Å². The van der Waals surface area contributed by atoms with Crippen molar-refractivity contribution in [3.63, 3.8) is 0 Å². The van der Waals surface area contributed by atoms with E-state index in [1.807, 2.05) is 30.3 Å². The van der Waals surface area contributed by atoms with Crippen molar-refractivity contribution >= 4 is 11.9 Å². The fourth-order valence-corrected chi connectivity index (χ4v) is 2.64. The van der Waals surface area contributed by atoms with Gasteiger partial charge in [-0.2, -0.15) is 23.3 Å². The van der Waals surface area contributed by atoms with E-state index in [4.69, 9.17) is 4.52 Å². The third kappa shape index (κ3) is 4.73. The van der Waals surface area contributed by atoms with Crippen LogP contribution in [0.4, 0.5) is 19.1 Å². The molecule has 0 aliphatic carbocycles. The van der Waals surface area contributed by atoms with Gasteiger partial charge in [-0.3, -0.25) is 9.48 Å². The number of rotatable bonds is 6. The van der Waals surface area contributed by atoms with Gasteiger partial charge in [0.2, 0.25) is 0 Å². The van der Waals surface area contributed by atoms with Crippen LogP contribution < -0.4 is 10.2 Å². The normalized spacial score (nSPS) is 12.6. The van der Waals surface area contributed by atoms with Crippen molar-refractivity contribution in [1.82, 2.24) is 25.2 Å². The van der Waals surface area contributed by atoms with Crippen molar-refractivity contribution in [3.8, 4) is 0 Å². The number of hydrogen-bond acceptors (Lipinski definition) is 6. The first kappa shape index (κ1) is 20.4. The van der Waals surface area contributed by atoms with Crippen LogP contribution in [0.25, 0.3) is 0 Å². The van der Waals surface area contributed by atoms with Crippen LogP contribution in [0.5, 0.6) is 0 Å². The Bertz CT molecular complexity index is 983. The molecular formula is C18H19F3N6O2. The molecule has 0 unspecified atom stereocenters. The number of amides is 1. The second-order valence-electron chi connectivity index (χ2n) is 6.51. The van der Waals surface area contributed by atoms with Gasteiger partial charge in [0.1, 0.15) is 11.7 Å². The number of carbonyl (C=O) groups is 1. The van der Waals surface area contributed by atoms with Crippen LogP contribution >= 0.6 is 0 Å². The summed E-state index contributed by atoms with van der Waals surface area (Å²) in [6.45, 7) is 2.14. The summed E-state index contributed by atoms with van der Waals surface area (Å²) in [7, 11) is 3.05. The Hall–Kier alpha value is -3.37. The van der Waals surface area contributed by atoms with Gasteiger partial charge in [-0.15, -0.1) is 0 Å². The maximum Gasteiger partial charge on any atom is 0.435 e. The largest absolute Gasteiger partial charge is 0.435 e. The summed E-state index contributed by atoms with van der Waals surface area (Å²) in [5.41, 5.74) is -0.315.